The third kappa shape index (κ3) is 1.94. The maximum atomic E-state index is 13.3. The number of piperidine rings is 1. The Balaban J connectivity index is 1.58. The Morgan fingerprint density at radius 3 is 2.20 bits per heavy atom. The number of likely N-dealkylation sites (tertiary alicyclic amines) is 1. The van der Waals surface area contributed by atoms with Crippen LogP contribution in [-0.4, -0.2) is 23.4 Å². The number of nitrogens with zero attached hydrogens (tertiary/aromatic N) is 1. The van der Waals surface area contributed by atoms with E-state index in [1.807, 2.05) is 0 Å². The van der Waals surface area contributed by atoms with Gasteiger partial charge in [-0.3, -0.25) is 4.79 Å². The fourth-order valence-corrected chi connectivity index (χ4v) is 6.37. The van der Waals surface area contributed by atoms with E-state index >= 15 is 0 Å². The molecule has 0 unspecified atom stereocenters. The molecular weight excluding hydrogens is 246 g/mol. The lowest BCUT2D eigenvalue weighted by Gasteiger charge is -2.57. The molecular formula is C18H29NO. The van der Waals surface area contributed by atoms with Crippen molar-refractivity contribution >= 4 is 5.91 Å². The Labute approximate surface area is 123 Å². The fraction of sp³-hybridized carbons (Fsp3) is 0.944. The molecule has 5 fully saturated rings. The zero-order chi connectivity index (χ0) is 13.7. The largest absolute Gasteiger partial charge is 0.339 e. The van der Waals surface area contributed by atoms with Gasteiger partial charge in [0.1, 0.15) is 0 Å². The van der Waals surface area contributed by atoms with E-state index < -0.39 is 0 Å². The van der Waals surface area contributed by atoms with Gasteiger partial charge in [0.15, 0.2) is 0 Å². The quantitative estimate of drug-likeness (QED) is 0.746. The highest BCUT2D eigenvalue weighted by Crippen LogP contribution is 2.60. The summed E-state index contributed by atoms with van der Waals surface area (Å²) in [6.07, 6.45) is 12.9. The summed E-state index contributed by atoms with van der Waals surface area (Å²) in [7, 11) is 0. The van der Waals surface area contributed by atoms with Gasteiger partial charge in [0.2, 0.25) is 5.91 Å². The van der Waals surface area contributed by atoms with E-state index in [-0.39, 0.29) is 5.41 Å². The van der Waals surface area contributed by atoms with Crippen molar-refractivity contribution in [2.24, 2.45) is 23.2 Å². The number of amides is 1. The topological polar surface area (TPSA) is 20.3 Å². The van der Waals surface area contributed by atoms with Crippen LogP contribution < -0.4 is 0 Å². The molecule has 0 aromatic heterocycles. The molecule has 0 aromatic rings. The lowest BCUT2D eigenvalue weighted by Crippen LogP contribution is -2.57. The Morgan fingerprint density at radius 1 is 1.05 bits per heavy atom. The molecule has 1 atom stereocenters. The Bertz CT molecular complexity index is 367. The highest BCUT2D eigenvalue weighted by molar-refractivity contribution is 5.83. The molecule has 0 radical (unpaired) electrons. The van der Waals surface area contributed by atoms with E-state index in [2.05, 4.69) is 11.8 Å². The molecule has 0 spiro atoms. The van der Waals surface area contributed by atoms with Crippen LogP contribution in [0.2, 0.25) is 0 Å². The van der Waals surface area contributed by atoms with Crippen molar-refractivity contribution in [1.82, 2.24) is 4.90 Å². The maximum Gasteiger partial charge on any atom is 0.229 e. The molecule has 0 aromatic carbocycles. The van der Waals surface area contributed by atoms with Crippen molar-refractivity contribution in [3.05, 3.63) is 0 Å². The molecule has 20 heavy (non-hydrogen) atoms. The van der Waals surface area contributed by atoms with Gasteiger partial charge in [-0.2, -0.15) is 0 Å². The van der Waals surface area contributed by atoms with E-state index in [1.165, 1.54) is 57.8 Å². The van der Waals surface area contributed by atoms with Gasteiger partial charge >= 0.3 is 0 Å². The van der Waals surface area contributed by atoms with Crippen LogP contribution in [0.1, 0.15) is 71.1 Å². The fourth-order valence-electron chi connectivity index (χ4n) is 6.37. The SMILES string of the molecule is CC[C@@H]1CCCCN1C(=O)C12CC3CC(CC(C3)C1)C2. The van der Waals surface area contributed by atoms with Crippen LogP contribution in [0.3, 0.4) is 0 Å². The molecule has 4 aliphatic carbocycles. The molecule has 5 rings (SSSR count). The van der Waals surface area contributed by atoms with Crippen molar-refractivity contribution in [3.63, 3.8) is 0 Å². The molecule has 4 bridgehead atoms. The molecule has 4 saturated carbocycles. The van der Waals surface area contributed by atoms with E-state index in [0.717, 1.165) is 30.7 Å². The van der Waals surface area contributed by atoms with Gasteiger partial charge in [-0.25, -0.2) is 0 Å². The number of rotatable bonds is 2. The first kappa shape index (κ1) is 13.2. The Hall–Kier alpha value is -0.530. The van der Waals surface area contributed by atoms with Crippen LogP contribution in [0.15, 0.2) is 0 Å². The van der Waals surface area contributed by atoms with Crippen molar-refractivity contribution in [2.75, 3.05) is 6.54 Å². The number of carbonyl (C=O) groups is 1. The number of carbonyl (C=O) groups excluding carboxylic acids is 1. The molecule has 0 N–H and O–H groups in total. The number of hydrogen-bond acceptors (Lipinski definition) is 1. The molecule has 1 aliphatic heterocycles. The van der Waals surface area contributed by atoms with Gasteiger partial charge in [0.25, 0.3) is 0 Å². The van der Waals surface area contributed by atoms with Gasteiger partial charge in [0, 0.05) is 12.6 Å². The van der Waals surface area contributed by atoms with Crippen LogP contribution in [0.4, 0.5) is 0 Å². The summed E-state index contributed by atoms with van der Waals surface area (Å²) in [4.78, 5) is 15.7. The minimum atomic E-state index is 0.0828. The van der Waals surface area contributed by atoms with Gasteiger partial charge < -0.3 is 4.90 Å². The van der Waals surface area contributed by atoms with Crippen LogP contribution in [0.25, 0.3) is 0 Å². The monoisotopic (exact) mass is 275 g/mol. The van der Waals surface area contributed by atoms with Gasteiger partial charge in [-0.05, 0) is 82.0 Å². The number of hydrogen-bond donors (Lipinski definition) is 0. The first-order valence-corrected chi connectivity index (χ1v) is 9.01. The van der Waals surface area contributed by atoms with Crippen LogP contribution >= 0.6 is 0 Å². The molecule has 5 aliphatic rings. The second kappa shape index (κ2) is 4.74. The second-order valence-corrected chi connectivity index (χ2v) is 8.25. The lowest BCUT2D eigenvalue weighted by molar-refractivity contribution is -0.161. The average Bonchev–Trinajstić information content (AvgIpc) is 2.45. The Kier molecular flexibility index (Phi) is 3.12. The minimum Gasteiger partial charge on any atom is -0.339 e. The zero-order valence-corrected chi connectivity index (χ0v) is 12.9. The third-order valence-corrected chi connectivity index (χ3v) is 6.85. The minimum absolute atomic E-state index is 0.0828. The van der Waals surface area contributed by atoms with Crippen LogP contribution in [-0.2, 0) is 4.79 Å². The van der Waals surface area contributed by atoms with E-state index in [9.17, 15) is 4.79 Å². The summed E-state index contributed by atoms with van der Waals surface area (Å²) in [5.41, 5.74) is 0.0828. The maximum absolute atomic E-state index is 13.3. The summed E-state index contributed by atoms with van der Waals surface area (Å²) >= 11 is 0. The molecule has 1 heterocycles. The summed E-state index contributed by atoms with van der Waals surface area (Å²) in [6.45, 7) is 3.30. The van der Waals surface area contributed by atoms with E-state index in [1.54, 1.807) is 0 Å². The smallest absolute Gasteiger partial charge is 0.229 e. The van der Waals surface area contributed by atoms with Crippen LogP contribution in [0.5, 0.6) is 0 Å². The second-order valence-electron chi connectivity index (χ2n) is 8.25. The average molecular weight is 275 g/mol. The van der Waals surface area contributed by atoms with Crippen molar-refractivity contribution in [2.45, 2.75) is 77.2 Å². The first-order chi connectivity index (χ1) is 9.70. The van der Waals surface area contributed by atoms with Crippen molar-refractivity contribution in [3.8, 4) is 0 Å². The zero-order valence-electron chi connectivity index (χ0n) is 12.9. The normalized spacial score (nSPS) is 46.8. The summed E-state index contributed by atoms with van der Waals surface area (Å²) in [5, 5.41) is 0. The molecule has 112 valence electrons. The molecule has 2 heteroatoms. The first-order valence-electron chi connectivity index (χ1n) is 9.01. The van der Waals surface area contributed by atoms with Crippen molar-refractivity contribution < 1.29 is 4.79 Å². The standard InChI is InChI=1S/C18H29NO/c1-2-16-5-3-4-6-19(16)17(20)18-10-13-7-14(11-18)9-15(8-13)12-18/h13-16H,2-12H2,1H3/t13?,14?,15?,16-,18?/m1/s1. The van der Waals surface area contributed by atoms with Gasteiger partial charge in [-0.1, -0.05) is 6.92 Å². The van der Waals surface area contributed by atoms with Gasteiger partial charge in [0.05, 0.1) is 5.41 Å². The summed E-state index contributed by atoms with van der Waals surface area (Å²) in [6, 6.07) is 0.546. The summed E-state index contributed by atoms with van der Waals surface area (Å²) < 4.78 is 0. The molecule has 1 amide bonds. The predicted molar refractivity (Wildman–Crippen MR) is 80.2 cm³/mol. The third-order valence-electron chi connectivity index (χ3n) is 6.85. The molecule has 2 nitrogen and oxygen atoms in total. The van der Waals surface area contributed by atoms with Crippen LogP contribution in [0, 0.1) is 23.2 Å². The lowest BCUT2D eigenvalue weighted by atomic mass is 9.49. The van der Waals surface area contributed by atoms with Crippen molar-refractivity contribution in [1.29, 1.82) is 0 Å². The predicted octanol–water partition coefficient (Wildman–Crippen LogP) is 3.99. The van der Waals surface area contributed by atoms with E-state index in [4.69, 9.17) is 0 Å². The highest BCUT2D eigenvalue weighted by atomic mass is 16.2. The molecule has 1 saturated heterocycles. The Morgan fingerprint density at radius 2 is 1.65 bits per heavy atom. The highest BCUT2D eigenvalue weighted by Gasteiger charge is 2.56. The summed E-state index contributed by atoms with van der Waals surface area (Å²) in [5.74, 6) is 3.23. The van der Waals surface area contributed by atoms with E-state index in [0.29, 0.717) is 11.9 Å². The van der Waals surface area contributed by atoms with Gasteiger partial charge in [-0.15, -0.1) is 0 Å².